The van der Waals surface area contributed by atoms with Crippen LogP contribution in [0.5, 0.6) is 0 Å². The number of furan rings is 1. The van der Waals surface area contributed by atoms with E-state index in [4.69, 9.17) is 4.42 Å². The van der Waals surface area contributed by atoms with Gasteiger partial charge in [-0.1, -0.05) is 6.92 Å². The first-order valence-electron chi connectivity index (χ1n) is 6.15. The minimum atomic E-state index is -3.27. The molecular formula is C12H22N2O3S. The molecule has 1 aromatic heterocycles. The van der Waals surface area contributed by atoms with E-state index in [2.05, 4.69) is 12.2 Å². The first-order chi connectivity index (χ1) is 8.48. The Morgan fingerprint density at radius 1 is 1.50 bits per heavy atom. The zero-order valence-electron chi connectivity index (χ0n) is 11.2. The third kappa shape index (κ3) is 4.12. The van der Waals surface area contributed by atoms with E-state index in [1.807, 2.05) is 0 Å². The monoisotopic (exact) mass is 274 g/mol. The van der Waals surface area contributed by atoms with Gasteiger partial charge in [-0.2, -0.15) is 0 Å². The van der Waals surface area contributed by atoms with Crippen LogP contribution in [-0.2, 0) is 16.6 Å². The number of sulfonamides is 1. The average molecular weight is 274 g/mol. The van der Waals surface area contributed by atoms with E-state index in [0.29, 0.717) is 13.1 Å². The van der Waals surface area contributed by atoms with Crippen LogP contribution in [0.2, 0.25) is 0 Å². The molecule has 1 atom stereocenters. The summed E-state index contributed by atoms with van der Waals surface area (Å²) in [6.45, 7) is 5.44. The van der Waals surface area contributed by atoms with E-state index in [1.165, 1.54) is 4.31 Å². The van der Waals surface area contributed by atoms with Crippen LogP contribution >= 0.6 is 0 Å². The van der Waals surface area contributed by atoms with E-state index in [-0.39, 0.29) is 0 Å². The van der Waals surface area contributed by atoms with Crippen LogP contribution in [0.25, 0.3) is 0 Å². The molecule has 1 heterocycles. The molecule has 1 unspecified atom stereocenters. The van der Waals surface area contributed by atoms with Gasteiger partial charge in [0.2, 0.25) is 10.0 Å². The van der Waals surface area contributed by atoms with Gasteiger partial charge in [-0.15, -0.1) is 0 Å². The molecule has 1 aromatic rings. The van der Waals surface area contributed by atoms with Crippen LogP contribution in [0.3, 0.4) is 0 Å². The molecule has 1 rings (SSSR count). The maximum absolute atomic E-state index is 12.2. The van der Waals surface area contributed by atoms with E-state index >= 15 is 0 Å². The van der Waals surface area contributed by atoms with Gasteiger partial charge in [0, 0.05) is 25.7 Å². The molecule has 0 amide bonds. The van der Waals surface area contributed by atoms with Crippen molar-refractivity contribution in [2.24, 2.45) is 0 Å². The molecule has 0 aliphatic heterocycles. The molecular weight excluding hydrogens is 252 g/mol. The largest absolute Gasteiger partial charge is 0.472 e. The Morgan fingerprint density at radius 2 is 2.22 bits per heavy atom. The van der Waals surface area contributed by atoms with Crippen LogP contribution in [0.1, 0.15) is 25.8 Å². The van der Waals surface area contributed by atoms with E-state index in [9.17, 15) is 8.42 Å². The molecule has 0 saturated heterocycles. The Kier molecular flexibility index (Phi) is 5.84. The molecule has 0 radical (unpaired) electrons. The molecule has 0 fully saturated rings. The van der Waals surface area contributed by atoms with Crippen molar-refractivity contribution >= 4 is 10.0 Å². The fourth-order valence-corrected chi connectivity index (χ4v) is 2.90. The molecule has 104 valence electrons. The Morgan fingerprint density at radius 3 is 2.78 bits per heavy atom. The van der Waals surface area contributed by atoms with E-state index in [1.54, 1.807) is 32.6 Å². The predicted molar refractivity (Wildman–Crippen MR) is 71.7 cm³/mol. The molecule has 0 aliphatic rings. The SMILES string of the molecule is CCCNCC(C)S(=O)(=O)N(C)Cc1ccoc1. The summed E-state index contributed by atoms with van der Waals surface area (Å²) in [7, 11) is -1.67. The summed E-state index contributed by atoms with van der Waals surface area (Å²) in [4.78, 5) is 0. The summed E-state index contributed by atoms with van der Waals surface area (Å²) < 4.78 is 30.7. The van der Waals surface area contributed by atoms with Crippen molar-refractivity contribution in [2.45, 2.75) is 32.1 Å². The molecule has 5 nitrogen and oxygen atoms in total. The summed E-state index contributed by atoms with van der Waals surface area (Å²) in [6.07, 6.45) is 4.10. The highest BCUT2D eigenvalue weighted by Crippen LogP contribution is 2.11. The highest BCUT2D eigenvalue weighted by molar-refractivity contribution is 7.89. The second-order valence-electron chi connectivity index (χ2n) is 4.45. The molecule has 0 spiro atoms. The minimum Gasteiger partial charge on any atom is -0.472 e. The lowest BCUT2D eigenvalue weighted by Gasteiger charge is -2.21. The van der Waals surface area contributed by atoms with Gasteiger partial charge in [0.1, 0.15) is 0 Å². The minimum absolute atomic E-state index is 0.344. The van der Waals surface area contributed by atoms with E-state index in [0.717, 1.165) is 18.5 Å². The van der Waals surface area contributed by atoms with Gasteiger partial charge < -0.3 is 9.73 Å². The lowest BCUT2D eigenvalue weighted by atomic mass is 10.3. The van der Waals surface area contributed by atoms with Gasteiger partial charge in [-0.25, -0.2) is 12.7 Å². The van der Waals surface area contributed by atoms with Gasteiger partial charge in [-0.05, 0) is 26.0 Å². The number of hydrogen-bond donors (Lipinski definition) is 1. The molecule has 0 saturated carbocycles. The average Bonchev–Trinajstić information content (AvgIpc) is 2.81. The molecule has 18 heavy (non-hydrogen) atoms. The van der Waals surface area contributed by atoms with Crippen molar-refractivity contribution in [3.8, 4) is 0 Å². The third-order valence-corrected chi connectivity index (χ3v) is 4.97. The maximum Gasteiger partial charge on any atom is 0.218 e. The smallest absolute Gasteiger partial charge is 0.218 e. The first kappa shape index (κ1) is 15.2. The topological polar surface area (TPSA) is 62.6 Å². The number of hydrogen-bond acceptors (Lipinski definition) is 4. The molecule has 0 aromatic carbocycles. The summed E-state index contributed by atoms with van der Waals surface area (Å²) in [5, 5.41) is 2.70. The fraction of sp³-hybridized carbons (Fsp3) is 0.667. The highest BCUT2D eigenvalue weighted by atomic mass is 32.2. The highest BCUT2D eigenvalue weighted by Gasteiger charge is 2.25. The zero-order valence-corrected chi connectivity index (χ0v) is 12.0. The van der Waals surface area contributed by atoms with Crippen molar-refractivity contribution in [2.75, 3.05) is 20.1 Å². The Labute approximate surface area is 109 Å². The Balaban J connectivity index is 2.56. The van der Waals surface area contributed by atoms with Crippen molar-refractivity contribution in [3.05, 3.63) is 24.2 Å². The molecule has 0 aliphatic carbocycles. The van der Waals surface area contributed by atoms with Crippen molar-refractivity contribution in [3.63, 3.8) is 0 Å². The van der Waals surface area contributed by atoms with Crippen LogP contribution in [0.4, 0.5) is 0 Å². The van der Waals surface area contributed by atoms with Crippen LogP contribution in [0.15, 0.2) is 23.0 Å². The number of rotatable bonds is 8. The molecule has 1 N–H and O–H groups in total. The molecule has 0 bridgehead atoms. The summed E-state index contributed by atoms with van der Waals surface area (Å²) in [6, 6.07) is 1.77. The van der Waals surface area contributed by atoms with Gasteiger partial charge in [-0.3, -0.25) is 0 Å². The van der Waals surface area contributed by atoms with Gasteiger partial charge >= 0.3 is 0 Å². The van der Waals surface area contributed by atoms with Crippen LogP contribution in [0, 0.1) is 0 Å². The third-order valence-electron chi connectivity index (χ3n) is 2.79. The van der Waals surface area contributed by atoms with Gasteiger partial charge in [0.25, 0.3) is 0 Å². The van der Waals surface area contributed by atoms with Crippen molar-refractivity contribution in [1.29, 1.82) is 0 Å². The first-order valence-corrected chi connectivity index (χ1v) is 7.65. The van der Waals surface area contributed by atoms with Gasteiger partial charge in [0.15, 0.2) is 0 Å². The normalized spacial score (nSPS) is 14.0. The summed E-state index contributed by atoms with van der Waals surface area (Å²) in [5.41, 5.74) is 0.856. The summed E-state index contributed by atoms with van der Waals surface area (Å²) >= 11 is 0. The van der Waals surface area contributed by atoms with E-state index < -0.39 is 15.3 Å². The number of nitrogens with one attached hydrogen (secondary N) is 1. The predicted octanol–water partition coefficient (Wildman–Crippen LogP) is 1.43. The van der Waals surface area contributed by atoms with Crippen molar-refractivity contribution in [1.82, 2.24) is 9.62 Å². The second kappa shape index (κ2) is 6.92. The maximum atomic E-state index is 12.2. The summed E-state index contributed by atoms with van der Waals surface area (Å²) in [5.74, 6) is 0. The fourth-order valence-electron chi connectivity index (χ4n) is 1.62. The number of nitrogens with zero attached hydrogens (tertiary/aromatic N) is 1. The van der Waals surface area contributed by atoms with Crippen molar-refractivity contribution < 1.29 is 12.8 Å². The molecule has 6 heteroatoms. The standard InChI is InChI=1S/C12H22N2O3S/c1-4-6-13-8-11(2)18(15,16)14(3)9-12-5-7-17-10-12/h5,7,10-11,13H,4,6,8-9H2,1-3H3. The Bertz CT molecular complexity index is 428. The second-order valence-corrected chi connectivity index (χ2v) is 6.91. The quantitative estimate of drug-likeness (QED) is 0.728. The lowest BCUT2D eigenvalue weighted by Crippen LogP contribution is -2.39. The van der Waals surface area contributed by atoms with Crippen LogP contribution in [-0.4, -0.2) is 38.1 Å². The Hall–Kier alpha value is -0.850. The lowest BCUT2D eigenvalue weighted by molar-refractivity contribution is 0.451. The van der Waals surface area contributed by atoms with Crippen LogP contribution < -0.4 is 5.32 Å². The van der Waals surface area contributed by atoms with Gasteiger partial charge in [0.05, 0.1) is 17.8 Å². The zero-order chi connectivity index (χ0) is 13.6.